The summed E-state index contributed by atoms with van der Waals surface area (Å²) in [5.74, 6) is -2.11. The molecule has 0 atom stereocenters. The zero-order valence-corrected chi connectivity index (χ0v) is 11.3. The molecule has 0 aliphatic rings. The zero-order valence-electron chi connectivity index (χ0n) is 10.5. The van der Waals surface area contributed by atoms with E-state index in [1.807, 2.05) is 0 Å². The first-order valence-electron chi connectivity index (χ1n) is 5.97. The summed E-state index contributed by atoms with van der Waals surface area (Å²) in [6, 6.07) is 7.21. The van der Waals surface area contributed by atoms with E-state index in [4.69, 9.17) is 16.7 Å². The second-order valence-electron chi connectivity index (χ2n) is 4.32. The number of pyridine rings is 1. The molecular formula is C14H9ClFN3O2. The molecule has 0 fully saturated rings. The molecule has 1 aromatic carbocycles. The maximum atomic E-state index is 13.7. The van der Waals surface area contributed by atoms with Crippen LogP contribution in [0.25, 0.3) is 5.65 Å². The molecule has 0 amide bonds. The van der Waals surface area contributed by atoms with E-state index in [2.05, 4.69) is 10.3 Å². The van der Waals surface area contributed by atoms with Gasteiger partial charge in [0.15, 0.2) is 5.65 Å². The van der Waals surface area contributed by atoms with Crippen molar-refractivity contribution in [3.63, 3.8) is 0 Å². The Morgan fingerprint density at radius 1 is 1.33 bits per heavy atom. The van der Waals surface area contributed by atoms with Gasteiger partial charge in [-0.25, -0.2) is 14.2 Å². The SMILES string of the molecule is O=C(O)c1ccc(Nc2ccc(Cl)n3ccnc23)cc1F. The van der Waals surface area contributed by atoms with E-state index < -0.39 is 11.8 Å². The number of rotatable bonds is 3. The largest absolute Gasteiger partial charge is 0.478 e. The molecule has 0 radical (unpaired) electrons. The Bertz CT molecular complexity index is 847. The lowest BCUT2D eigenvalue weighted by molar-refractivity contribution is 0.0692. The van der Waals surface area contributed by atoms with Gasteiger partial charge in [0.1, 0.15) is 11.0 Å². The van der Waals surface area contributed by atoms with Gasteiger partial charge in [0.25, 0.3) is 0 Å². The Hall–Kier alpha value is -2.60. The lowest BCUT2D eigenvalue weighted by Gasteiger charge is -2.09. The lowest BCUT2D eigenvalue weighted by atomic mass is 10.2. The Labute approximate surface area is 123 Å². The second kappa shape index (κ2) is 5.06. The number of carboxylic acid groups (broad SMARTS) is 1. The van der Waals surface area contributed by atoms with Gasteiger partial charge in [0.2, 0.25) is 0 Å². The van der Waals surface area contributed by atoms with Gasteiger partial charge in [-0.1, -0.05) is 11.6 Å². The average molecular weight is 306 g/mol. The van der Waals surface area contributed by atoms with Crippen LogP contribution in [0.1, 0.15) is 10.4 Å². The van der Waals surface area contributed by atoms with Crippen LogP contribution >= 0.6 is 11.6 Å². The van der Waals surface area contributed by atoms with Crippen molar-refractivity contribution in [2.24, 2.45) is 0 Å². The van der Waals surface area contributed by atoms with E-state index in [9.17, 15) is 9.18 Å². The minimum atomic E-state index is -1.30. The topological polar surface area (TPSA) is 66.6 Å². The van der Waals surface area contributed by atoms with Crippen molar-refractivity contribution in [2.45, 2.75) is 0 Å². The highest BCUT2D eigenvalue weighted by molar-refractivity contribution is 6.29. The third-order valence-corrected chi connectivity index (χ3v) is 3.29. The molecule has 2 N–H and O–H groups in total. The standard InChI is InChI=1S/C14H9ClFN3O2/c15-12-4-3-11(13-17-5-6-19(12)13)18-8-1-2-9(14(20)21)10(16)7-8/h1-7,18H,(H,20,21). The van der Waals surface area contributed by atoms with Crippen molar-refractivity contribution in [1.29, 1.82) is 0 Å². The van der Waals surface area contributed by atoms with Crippen LogP contribution in [0.5, 0.6) is 0 Å². The molecule has 3 aromatic rings. The molecule has 3 rings (SSSR count). The van der Waals surface area contributed by atoms with Gasteiger partial charge < -0.3 is 10.4 Å². The fourth-order valence-corrected chi connectivity index (χ4v) is 2.20. The van der Waals surface area contributed by atoms with Gasteiger partial charge in [0, 0.05) is 18.1 Å². The maximum Gasteiger partial charge on any atom is 0.338 e. The second-order valence-corrected chi connectivity index (χ2v) is 4.70. The van der Waals surface area contributed by atoms with Crippen LogP contribution in [-0.2, 0) is 0 Å². The number of hydrogen-bond acceptors (Lipinski definition) is 3. The Morgan fingerprint density at radius 2 is 2.14 bits per heavy atom. The van der Waals surface area contributed by atoms with E-state index in [0.29, 0.717) is 22.2 Å². The fraction of sp³-hybridized carbons (Fsp3) is 0. The molecule has 0 aliphatic heterocycles. The first kappa shape index (κ1) is 13.4. The van der Waals surface area contributed by atoms with Crippen LogP contribution in [-0.4, -0.2) is 20.5 Å². The van der Waals surface area contributed by atoms with Gasteiger partial charge in [-0.05, 0) is 30.3 Å². The Morgan fingerprint density at radius 3 is 2.86 bits per heavy atom. The summed E-state index contributed by atoms with van der Waals surface area (Å²) in [5, 5.41) is 12.3. The smallest absolute Gasteiger partial charge is 0.338 e. The minimum absolute atomic E-state index is 0.373. The third kappa shape index (κ3) is 2.41. The molecule has 0 aliphatic carbocycles. The summed E-state index contributed by atoms with van der Waals surface area (Å²) in [5.41, 5.74) is 1.27. The molecule has 2 aromatic heterocycles. The minimum Gasteiger partial charge on any atom is -0.478 e. The number of nitrogens with one attached hydrogen (secondary N) is 1. The molecule has 5 nitrogen and oxygen atoms in total. The first-order valence-corrected chi connectivity index (χ1v) is 6.35. The molecule has 0 saturated carbocycles. The summed E-state index contributed by atoms with van der Waals surface area (Å²) in [6.45, 7) is 0. The van der Waals surface area contributed by atoms with Gasteiger partial charge in [-0.3, -0.25) is 4.40 Å². The van der Waals surface area contributed by atoms with Crippen LogP contribution in [0, 0.1) is 5.82 Å². The number of anilines is 2. The quantitative estimate of drug-likeness (QED) is 0.726. The van der Waals surface area contributed by atoms with Gasteiger partial charge in [0.05, 0.1) is 11.3 Å². The van der Waals surface area contributed by atoms with Crippen molar-refractivity contribution < 1.29 is 14.3 Å². The van der Waals surface area contributed by atoms with E-state index in [-0.39, 0.29) is 5.56 Å². The van der Waals surface area contributed by atoms with Gasteiger partial charge in [-0.2, -0.15) is 0 Å². The molecule has 0 bridgehead atoms. The van der Waals surface area contributed by atoms with Gasteiger partial charge in [-0.15, -0.1) is 0 Å². The normalized spacial score (nSPS) is 10.8. The van der Waals surface area contributed by atoms with Crippen molar-refractivity contribution in [2.75, 3.05) is 5.32 Å². The van der Waals surface area contributed by atoms with Gasteiger partial charge >= 0.3 is 5.97 Å². The van der Waals surface area contributed by atoms with E-state index in [0.717, 1.165) is 6.07 Å². The molecule has 0 unspecified atom stereocenters. The highest BCUT2D eigenvalue weighted by atomic mass is 35.5. The molecule has 0 spiro atoms. The number of halogens is 2. The predicted molar refractivity (Wildman–Crippen MR) is 76.8 cm³/mol. The Kier molecular flexibility index (Phi) is 3.23. The summed E-state index contributed by atoms with van der Waals surface area (Å²) in [4.78, 5) is 15.0. The highest BCUT2D eigenvalue weighted by Crippen LogP contribution is 2.25. The summed E-state index contributed by atoms with van der Waals surface area (Å²) in [7, 11) is 0. The summed E-state index contributed by atoms with van der Waals surface area (Å²) < 4.78 is 15.3. The maximum absolute atomic E-state index is 13.7. The zero-order chi connectivity index (χ0) is 15.0. The van der Waals surface area contributed by atoms with Crippen LogP contribution in [0.4, 0.5) is 15.8 Å². The number of benzene rings is 1. The monoisotopic (exact) mass is 305 g/mol. The van der Waals surface area contributed by atoms with E-state index in [1.54, 1.807) is 28.9 Å². The number of carboxylic acids is 1. The lowest BCUT2D eigenvalue weighted by Crippen LogP contribution is -2.02. The number of imidazole rings is 1. The number of aromatic carboxylic acids is 1. The fourth-order valence-electron chi connectivity index (χ4n) is 2.00. The number of nitrogens with zero attached hydrogens (tertiary/aromatic N) is 2. The highest BCUT2D eigenvalue weighted by Gasteiger charge is 2.11. The van der Waals surface area contributed by atoms with E-state index >= 15 is 0 Å². The van der Waals surface area contributed by atoms with Crippen molar-refractivity contribution >= 4 is 34.6 Å². The number of carbonyl (C=O) groups is 1. The summed E-state index contributed by atoms with van der Waals surface area (Å²) in [6.07, 6.45) is 3.30. The molecular weight excluding hydrogens is 297 g/mol. The first-order chi connectivity index (χ1) is 10.1. The van der Waals surface area contributed by atoms with Crippen LogP contribution in [0.3, 0.4) is 0 Å². The molecule has 2 heterocycles. The molecule has 0 saturated heterocycles. The third-order valence-electron chi connectivity index (χ3n) is 2.98. The number of hydrogen-bond donors (Lipinski definition) is 2. The number of aromatic nitrogens is 2. The predicted octanol–water partition coefficient (Wildman–Crippen LogP) is 3.57. The molecule has 21 heavy (non-hydrogen) atoms. The van der Waals surface area contributed by atoms with Crippen LogP contribution < -0.4 is 5.32 Å². The summed E-state index contributed by atoms with van der Waals surface area (Å²) >= 11 is 6.02. The van der Waals surface area contributed by atoms with Crippen LogP contribution in [0.15, 0.2) is 42.7 Å². The van der Waals surface area contributed by atoms with Crippen LogP contribution in [0.2, 0.25) is 5.15 Å². The molecule has 106 valence electrons. The average Bonchev–Trinajstić information content (AvgIpc) is 2.92. The Balaban J connectivity index is 1.99. The van der Waals surface area contributed by atoms with E-state index in [1.165, 1.54) is 12.1 Å². The molecule has 7 heteroatoms. The van der Waals surface area contributed by atoms with Crippen molar-refractivity contribution in [1.82, 2.24) is 9.38 Å². The van der Waals surface area contributed by atoms with Crippen molar-refractivity contribution in [3.8, 4) is 0 Å². The van der Waals surface area contributed by atoms with Crippen molar-refractivity contribution in [3.05, 3.63) is 59.3 Å². The number of fused-ring (bicyclic) bond motifs is 1.